The summed E-state index contributed by atoms with van der Waals surface area (Å²) in [7, 11) is 1.34. The van der Waals surface area contributed by atoms with E-state index in [1.54, 1.807) is 0 Å². The fourth-order valence-corrected chi connectivity index (χ4v) is 3.66. The Bertz CT molecular complexity index is 944. The minimum atomic E-state index is -0.638. The monoisotopic (exact) mass is 416 g/mol. The van der Waals surface area contributed by atoms with Crippen LogP contribution in [0.15, 0.2) is 0 Å². The van der Waals surface area contributed by atoms with Crippen molar-refractivity contribution in [2.45, 2.75) is 72.8 Å². The topological polar surface area (TPSA) is 101 Å². The zero-order chi connectivity index (χ0) is 22.6. The van der Waals surface area contributed by atoms with Crippen molar-refractivity contribution in [1.29, 1.82) is 0 Å². The van der Waals surface area contributed by atoms with E-state index >= 15 is 0 Å². The molecule has 0 amide bonds. The lowest BCUT2D eigenvalue weighted by Crippen LogP contribution is -2.24. The van der Waals surface area contributed by atoms with E-state index in [0.29, 0.717) is 24.2 Å². The number of aldehydes is 1. The molecule has 0 fully saturated rings. The number of carbonyl (C=O) groups is 3. The summed E-state index contributed by atoms with van der Waals surface area (Å²) in [5.41, 5.74) is 5.79. The Labute approximate surface area is 177 Å². The van der Waals surface area contributed by atoms with Gasteiger partial charge in [0.2, 0.25) is 0 Å². The van der Waals surface area contributed by atoms with E-state index in [4.69, 9.17) is 9.47 Å². The van der Waals surface area contributed by atoms with Gasteiger partial charge in [-0.15, -0.1) is 0 Å². The second-order valence-corrected chi connectivity index (χ2v) is 8.43. The summed E-state index contributed by atoms with van der Waals surface area (Å²) in [5.74, 6) is -0.792. The van der Waals surface area contributed by atoms with E-state index in [-0.39, 0.29) is 12.4 Å². The smallest absolute Gasteiger partial charge is 0.355 e. The first kappa shape index (κ1) is 23.4. The molecule has 2 aromatic heterocycles. The molecular formula is C23H32N2O5. The van der Waals surface area contributed by atoms with Crippen LogP contribution in [0.5, 0.6) is 0 Å². The summed E-state index contributed by atoms with van der Waals surface area (Å²) in [6.45, 7) is 11.3. The number of H-pyrrole nitrogens is 2. The predicted molar refractivity (Wildman–Crippen MR) is 114 cm³/mol. The average molecular weight is 417 g/mol. The minimum absolute atomic E-state index is 0.168. The Balaban J connectivity index is 2.47. The summed E-state index contributed by atoms with van der Waals surface area (Å²) < 4.78 is 10.3. The van der Waals surface area contributed by atoms with Gasteiger partial charge in [0.25, 0.3) is 0 Å². The second kappa shape index (κ2) is 9.32. The van der Waals surface area contributed by atoms with Crippen molar-refractivity contribution in [2.75, 3.05) is 7.11 Å². The van der Waals surface area contributed by atoms with Crippen LogP contribution >= 0.6 is 0 Å². The number of ether oxygens (including phenoxy) is 2. The number of esters is 2. The van der Waals surface area contributed by atoms with Crippen molar-refractivity contribution in [2.24, 2.45) is 0 Å². The van der Waals surface area contributed by atoms with E-state index in [1.165, 1.54) is 7.11 Å². The number of aromatic amines is 2. The molecule has 0 aliphatic rings. The number of carbonyl (C=O) groups excluding carboxylic acids is 3. The van der Waals surface area contributed by atoms with Crippen LogP contribution in [0.25, 0.3) is 0 Å². The van der Waals surface area contributed by atoms with Gasteiger partial charge in [0, 0.05) is 24.2 Å². The highest BCUT2D eigenvalue weighted by Crippen LogP contribution is 2.27. The summed E-state index contributed by atoms with van der Waals surface area (Å²) in [5, 5.41) is 0. The molecule has 0 saturated carbocycles. The number of rotatable bonds is 8. The van der Waals surface area contributed by atoms with Crippen molar-refractivity contribution < 1.29 is 23.9 Å². The SMILES string of the molecule is CCc1c(Cc2[nH]c(C(=O)OC(C)(C)C)c(CCC(=O)OC)c2C)[nH]c(C=O)c1C. The molecule has 30 heavy (non-hydrogen) atoms. The van der Waals surface area contributed by atoms with Crippen LogP contribution in [0.4, 0.5) is 0 Å². The number of hydrogen-bond donors (Lipinski definition) is 2. The molecule has 0 aliphatic heterocycles. The molecule has 0 bridgehead atoms. The minimum Gasteiger partial charge on any atom is -0.469 e. The largest absolute Gasteiger partial charge is 0.469 e. The summed E-state index contributed by atoms with van der Waals surface area (Å²) in [6.07, 6.45) is 2.67. The zero-order valence-electron chi connectivity index (χ0n) is 18.9. The molecule has 0 spiro atoms. The highest BCUT2D eigenvalue weighted by atomic mass is 16.6. The van der Waals surface area contributed by atoms with Crippen LogP contribution in [-0.2, 0) is 33.5 Å². The lowest BCUT2D eigenvalue weighted by atomic mass is 10.0. The standard InChI is InChI=1S/C23H32N2O5/c1-8-15-13(2)19(12-26)24-18(15)11-17-14(3)16(9-10-20(27)29-7)21(25-17)22(28)30-23(4,5)6/h12,24-25H,8-11H2,1-7H3. The molecule has 2 heterocycles. The molecule has 2 aromatic rings. The fraction of sp³-hybridized carbons (Fsp3) is 0.522. The third-order valence-corrected chi connectivity index (χ3v) is 5.22. The maximum Gasteiger partial charge on any atom is 0.355 e. The molecule has 0 aliphatic carbocycles. The van der Waals surface area contributed by atoms with Crippen LogP contribution in [0.3, 0.4) is 0 Å². The van der Waals surface area contributed by atoms with Gasteiger partial charge in [0.05, 0.1) is 12.8 Å². The third kappa shape index (κ3) is 5.20. The van der Waals surface area contributed by atoms with Gasteiger partial charge in [-0.25, -0.2) is 4.79 Å². The van der Waals surface area contributed by atoms with E-state index < -0.39 is 11.6 Å². The molecule has 7 nitrogen and oxygen atoms in total. The van der Waals surface area contributed by atoms with Gasteiger partial charge < -0.3 is 19.4 Å². The highest BCUT2D eigenvalue weighted by Gasteiger charge is 2.26. The van der Waals surface area contributed by atoms with Gasteiger partial charge in [-0.2, -0.15) is 0 Å². The number of hydrogen-bond acceptors (Lipinski definition) is 5. The van der Waals surface area contributed by atoms with Crippen LogP contribution < -0.4 is 0 Å². The van der Waals surface area contributed by atoms with Crippen molar-refractivity contribution in [1.82, 2.24) is 9.97 Å². The first-order valence-corrected chi connectivity index (χ1v) is 10.2. The van der Waals surface area contributed by atoms with E-state index in [2.05, 4.69) is 9.97 Å². The van der Waals surface area contributed by atoms with Gasteiger partial charge in [0.1, 0.15) is 11.3 Å². The molecule has 0 radical (unpaired) electrons. The van der Waals surface area contributed by atoms with Crippen LogP contribution in [0.2, 0.25) is 0 Å². The number of nitrogens with one attached hydrogen (secondary N) is 2. The molecule has 0 atom stereocenters. The lowest BCUT2D eigenvalue weighted by Gasteiger charge is -2.19. The van der Waals surface area contributed by atoms with Crippen LogP contribution in [0.1, 0.15) is 88.7 Å². The third-order valence-electron chi connectivity index (χ3n) is 5.22. The number of aromatic nitrogens is 2. The second-order valence-electron chi connectivity index (χ2n) is 8.43. The predicted octanol–water partition coefficient (Wildman–Crippen LogP) is 3.99. The first-order valence-electron chi connectivity index (χ1n) is 10.2. The first-order chi connectivity index (χ1) is 14.0. The quantitative estimate of drug-likeness (QED) is 0.501. The molecular weight excluding hydrogens is 384 g/mol. The van der Waals surface area contributed by atoms with Crippen molar-refractivity contribution in [3.05, 3.63) is 45.0 Å². The normalized spacial score (nSPS) is 11.4. The molecule has 0 saturated heterocycles. The van der Waals surface area contributed by atoms with Gasteiger partial charge in [-0.1, -0.05) is 6.92 Å². The molecule has 0 aromatic carbocycles. The van der Waals surface area contributed by atoms with E-state index in [1.807, 2.05) is 41.5 Å². The maximum atomic E-state index is 12.8. The Morgan fingerprint density at radius 2 is 1.70 bits per heavy atom. The van der Waals surface area contributed by atoms with Gasteiger partial charge in [-0.3, -0.25) is 9.59 Å². The Morgan fingerprint density at radius 1 is 1.03 bits per heavy atom. The summed E-state index contributed by atoms with van der Waals surface area (Å²) >= 11 is 0. The average Bonchev–Trinajstić information content (AvgIpc) is 3.15. The van der Waals surface area contributed by atoms with E-state index in [0.717, 1.165) is 46.3 Å². The van der Waals surface area contributed by atoms with Crippen molar-refractivity contribution in [3.63, 3.8) is 0 Å². The van der Waals surface area contributed by atoms with Crippen LogP contribution in [-0.4, -0.2) is 40.9 Å². The van der Waals surface area contributed by atoms with Crippen molar-refractivity contribution in [3.8, 4) is 0 Å². The van der Waals surface area contributed by atoms with E-state index in [9.17, 15) is 14.4 Å². The highest BCUT2D eigenvalue weighted by molar-refractivity contribution is 5.90. The molecule has 0 unspecified atom stereocenters. The molecule has 164 valence electrons. The molecule has 2 rings (SSSR count). The lowest BCUT2D eigenvalue weighted by molar-refractivity contribution is -0.140. The number of methoxy groups -OCH3 is 1. The summed E-state index contributed by atoms with van der Waals surface area (Å²) in [4.78, 5) is 42.3. The zero-order valence-corrected chi connectivity index (χ0v) is 18.9. The fourth-order valence-electron chi connectivity index (χ4n) is 3.66. The summed E-state index contributed by atoms with van der Waals surface area (Å²) in [6, 6.07) is 0. The Hall–Kier alpha value is -2.83. The van der Waals surface area contributed by atoms with Crippen molar-refractivity contribution >= 4 is 18.2 Å². The maximum absolute atomic E-state index is 12.8. The molecule has 7 heteroatoms. The van der Waals surface area contributed by atoms with Gasteiger partial charge in [-0.05, 0) is 69.7 Å². The Morgan fingerprint density at radius 3 is 2.23 bits per heavy atom. The Kier molecular flexibility index (Phi) is 7.29. The van der Waals surface area contributed by atoms with Crippen LogP contribution in [0, 0.1) is 13.8 Å². The van der Waals surface area contributed by atoms with Gasteiger partial charge in [0.15, 0.2) is 6.29 Å². The molecule has 2 N–H and O–H groups in total. The van der Waals surface area contributed by atoms with Gasteiger partial charge >= 0.3 is 11.9 Å².